The summed E-state index contributed by atoms with van der Waals surface area (Å²) >= 11 is 5.87. The van der Waals surface area contributed by atoms with E-state index in [9.17, 15) is 4.79 Å². The molecular formula is C19H17ClN4O. The van der Waals surface area contributed by atoms with Gasteiger partial charge < -0.3 is 10.6 Å². The van der Waals surface area contributed by atoms with Gasteiger partial charge in [0.2, 0.25) is 5.95 Å². The molecule has 0 aliphatic heterocycles. The van der Waals surface area contributed by atoms with Crippen LogP contribution in [0.3, 0.4) is 0 Å². The van der Waals surface area contributed by atoms with Crippen molar-refractivity contribution in [2.45, 2.75) is 13.5 Å². The highest BCUT2D eigenvalue weighted by atomic mass is 35.5. The van der Waals surface area contributed by atoms with E-state index in [1.807, 2.05) is 55.5 Å². The fourth-order valence-electron chi connectivity index (χ4n) is 2.27. The van der Waals surface area contributed by atoms with Crippen LogP contribution < -0.4 is 10.6 Å². The van der Waals surface area contributed by atoms with Crippen LogP contribution in [0.25, 0.3) is 0 Å². The maximum atomic E-state index is 12.3. The maximum Gasteiger partial charge on any atom is 0.274 e. The molecule has 126 valence electrons. The third-order valence-corrected chi connectivity index (χ3v) is 3.78. The number of anilines is 2. The Balaban J connectivity index is 1.66. The van der Waals surface area contributed by atoms with Gasteiger partial charge in [-0.25, -0.2) is 9.97 Å². The Hall–Kier alpha value is -2.92. The number of hydrogen-bond acceptors (Lipinski definition) is 4. The van der Waals surface area contributed by atoms with E-state index in [2.05, 4.69) is 20.6 Å². The molecule has 0 atom stereocenters. The van der Waals surface area contributed by atoms with Crippen LogP contribution in [0.4, 0.5) is 11.6 Å². The molecule has 2 aromatic carbocycles. The minimum atomic E-state index is -0.275. The Kier molecular flexibility index (Phi) is 5.26. The van der Waals surface area contributed by atoms with Crippen molar-refractivity contribution in [3.8, 4) is 0 Å². The molecule has 2 N–H and O–H groups in total. The summed E-state index contributed by atoms with van der Waals surface area (Å²) < 4.78 is 0. The maximum absolute atomic E-state index is 12.3. The molecule has 0 saturated carbocycles. The van der Waals surface area contributed by atoms with Crippen LogP contribution in [0.1, 0.15) is 21.6 Å². The highest BCUT2D eigenvalue weighted by Gasteiger charge is 2.09. The zero-order chi connectivity index (χ0) is 17.6. The van der Waals surface area contributed by atoms with Crippen molar-refractivity contribution >= 4 is 29.1 Å². The first kappa shape index (κ1) is 16.9. The summed E-state index contributed by atoms with van der Waals surface area (Å²) in [7, 11) is 0. The Morgan fingerprint density at radius 3 is 2.68 bits per heavy atom. The predicted molar refractivity (Wildman–Crippen MR) is 99.9 cm³/mol. The zero-order valence-corrected chi connectivity index (χ0v) is 14.4. The van der Waals surface area contributed by atoms with E-state index in [4.69, 9.17) is 11.6 Å². The molecule has 0 bridgehead atoms. The molecule has 25 heavy (non-hydrogen) atoms. The second kappa shape index (κ2) is 7.77. The number of nitrogens with one attached hydrogen (secondary N) is 2. The second-order valence-corrected chi connectivity index (χ2v) is 6.01. The van der Waals surface area contributed by atoms with Gasteiger partial charge in [-0.15, -0.1) is 0 Å². The first-order valence-corrected chi connectivity index (χ1v) is 8.17. The standard InChI is InChI=1S/C19H17ClN4O/c1-13-3-2-4-16(11-13)23-18(25)17-9-10-21-19(24-17)22-12-14-5-7-15(20)8-6-14/h2-11H,12H2,1H3,(H,23,25)(H,21,22,24). The minimum Gasteiger partial charge on any atom is -0.350 e. The van der Waals surface area contributed by atoms with Gasteiger partial charge >= 0.3 is 0 Å². The third-order valence-electron chi connectivity index (χ3n) is 3.53. The molecule has 0 aliphatic rings. The summed E-state index contributed by atoms with van der Waals surface area (Å²) in [5.41, 5.74) is 3.16. The summed E-state index contributed by atoms with van der Waals surface area (Å²) in [6, 6.07) is 16.7. The summed E-state index contributed by atoms with van der Waals surface area (Å²) in [6.07, 6.45) is 1.56. The topological polar surface area (TPSA) is 66.9 Å². The van der Waals surface area contributed by atoms with Crippen LogP contribution in [-0.2, 0) is 6.54 Å². The second-order valence-electron chi connectivity index (χ2n) is 5.57. The molecule has 0 radical (unpaired) electrons. The average molecular weight is 353 g/mol. The van der Waals surface area contributed by atoms with Crippen LogP contribution in [0.5, 0.6) is 0 Å². The third kappa shape index (κ3) is 4.78. The number of amides is 1. The van der Waals surface area contributed by atoms with Gasteiger partial charge in [-0.3, -0.25) is 4.79 Å². The molecule has 0 fully saturated rings. The van der Waals surface area contributed by atoms with Gasteiger partial charge in [0.05, 0.1) is 0 Å². The molecule has 0 unspecified atom stereocenters. The van der Waals surface area contributed by atoms with E-state index in [1.54, 1.807) is 12.3 Å². The van der Waals surface area contributed by atoms with Gasteiger partial charge in [0.15, 0.2) is 0 Å². The van der Waals surface area contributed by atoms with Crippen molar-refractivity contribution in [1.29, 1.82) is 0 Å². The number of carbonyl (C=O) groups is 1. The number of rotatable bonds is 5. The molecule has 0 aliphatic carbocycles. The monoisotopic (exact) mass is 352 g/mol. The van der Waals surface area contributed by atoms with Crippen molar-refractivity contribution < 1.29 is 4.79 Å². The van der Waals surface area contributed by atoms with E-state index in [0.29, 0.717) is 23.2 Å². The SMILES string of the molecule is Cc1cccc(NC(=O)c2ccnc(NCc3ccc(Cl)cc3)n2)c1. The van der Waals surface area contributed by atoms with Gasteiger partial charge in [-0.1, -0.05) is 35.9 Å². The van der Waals surface area contributed by atoms with Crippen LogP contribution in [-0.4, -0.2) is 15.9 Å². The van der Waals surface area contributed by atoms with Gasteiger partial charge in [0, 0.05) is 23.5 Å². The Labute approximate surface area is 151 Å². The lowest BCUT2D eigenvalue weighted by molar-refractivity contribution is 0.102. The molecule has 0 saturated heterocycles. The van der Waals surface area contributed by atoms with Crippen LogP contribution in [0, 0.1) is 6.92 Å². The summed E-state index contributed by atoms with van der Waals surface area (Å²) in [5.74, 6) is 0.120. The quantitative estimate of drug-likeness (QED) is 0.718. The minimum absolute atomic E-state index is 0.275. The lowest BCUT2D eigenvalue weighted by Gasteiger charge is -2.08. The molecule has 5 nitrogen and oxygen atoms in total. The van der Waals surface area contributed by atoms with Gasteiger partial charge in [0.1, 0.15) is 5.69 Å². The van der Waals surface area contributed by atoms with Crippen LogP contribution in [0.2, 0.25) is 5.02 Å². The van der Waals surface area contributed by atoms with Gasteiger partial charge in [0.25, 0.3) is 5.91 Å². The van der Waals surface area contributed by atoms with Crippen molar-refractivity contribution in [1.82, 2.24) is 9.97 Å². The average Bonchev–Trinajstić information content (AvgIpc) is 2.61. The molecule has 3 rings (SSSR count). The van der Waals surface area contributed by atoms with Crippen molar-refractivity contribution in [2.75, 3.05) is 10.6 Å². The summed E-state index contributed by atoms with van der Waals surface area (Å²) in [4.78, 5) is 20.8. The lowest BCUT2D eigenvalue weighted by atomic mass is 10.2. The lowest BCUT2D eigenvalue weighted by Crippen LogP contribution is -2.15. The Morgan fingerprint density at radius 1 is 1.12 bits per heavy atom. The normalized spacial score (nSPS) is 10.3. The van der Waals surface area contributed by atoms with E-state index >= 15 is 0 Å². The van der Waals surface area contributed by atoms with E-state index in [0.717, 1.165) is 16.8 Å². The largest absolute Gasteiger partial charge is 0.350 e. The number of nitrogens with zero attached hydrogens (tertiary/aromatic N) is 2. The first-order chi connectivity index (χ1) is 12.1. The van der Waals surface area contributed by atoms with Crippen LogP contribution >= 0.6 is 11.6 Å². The van der Waals surface area contributed by atoms with Crippen LogP contribution in [0.15, 0.2) is 60.8 Å². The number of halogens is 1. The fraction of sp³-hybridized carbons (Fsp3) is 0.105. The van der Waals surface area contributed by atoms with Crippen molar-refractivity contribution in [3.05, 3.63) is 82.6 Å². The van der Waals surface area contributed by atoms with E-state index in [1.165, 1.54) is 0 Å². The fourth-order valence-corrected chi connectivity index (χ4v) is 2.40. The smallest absolute Gasteiger partial charge is 0.274 e. The molecule has 3 aromatic rings. The van der Waals surface area contributed by atoms with Crippen molar-refractivity contribution in [3.63, 3.8) is 0 Å². The Morgan fingerprint density at radius 2 is 1.92 bits per heavy atom. The highest BCUT2D eigenvalue weighted by Crippen LogP contribution is 2.13. The molecule has 6 heteroatoms. The Bertz CT molecular complexity index is 881. The number of benzene rings is 2. The molecule has 1 amide bonds. The number of hydrogen-bond donors (Lipinski definition) is 2. The molecule has 0 spiro atoms. The zero-order valence-electron chi connectivity index (χ0n) is 13.7. The summed E-state index contributed by atoms with van der Waals surface area (Å²) in [5, 5.41) is 6.63. The molecule has 1 heterocycles. The van der Waals surface area contributed by atoms with Gasteiger partial charge in [-0.2, -0.15) is 0 Å². The predicted octanol–water partition coefficient (Wildman–Crippen LogP) is 4.30. The van der Waals surface area contributed by atoms with E-state index in [-0.39, 0.29) is 5.91 Å². The number of aromatic nitrogens is 2. The highest BCUT2D eigenvalue weighted by molar-refractivity contribution is 6.30. The molecule has 1 aromatic heterocycles. The first-order valence-electron chi connectivity index (χ1n) is 7.79. The van der Waals surface area contributed by atoms with Crippen molar-refractivity contribution in [2.24, 2.45) is 0 Å². The van der Waals surface area contributed by atoms with Gasteiger partial charge in [-0.05, 0) is 48.4 Å². The number of carbonyl (C=O) groups excluding carboxylic acids is 1. The summed E-state index contributed by atoms with van der Waals surface area (Å²) in [6.45, 7) is 2.51. The van der Waals surface area contributed by atoms with E-state index < -0.39 is 0 Å². The number of aryl methyl sites for hydroxylation is 1. The molecular weight excluding hydrogens is 336 g/mol.